The summed E-state index contributed by atoms with van der Waals surface area (Å²) in [5.41, 5.74) is 9.13. The van der Waals surface area contributed by atoms with Crippen LogP contribution < -0.4 is 5.73 Å². The Morgan fingerprint density at radius 3 is 2.60 bits per heavy atom. The molecule has 3 nitrogen and oxygen atoms in total. The van der Waals surface area contributed by atoms with Gasteiger partial charge in [0, 0.05) is 17.8 Å². The highest BCUT2D eigenvalue weighted by Crippen LogP contribution is 2.09. The zero-order valence-corrected chi connectivity index (χ0v) is 8.85. The van der Waals surface area contributed by atoms with Crippen LogP contribution in [0.3, 0.4) is 0 Å². The number of benzene rings is 1. The quantitative estimate of drug-likeness (QED) is 0.821. The second kappa shape index (κ2) is 4.28. The summed E-state index contributed by atoms with van der Waals surface area (Å²) >= 11 is 0. The van der Waals surface area contributed by atoms with E-state index in [4.69, 9.17) is 5.73 Å². The Morgan fingerprint density at radius 2 is 2.00 bits per heavy atom. The fourth-order valence-electron chi connectivity index (χ4n) is 1.60. The van der Waals surface area contributed by atoms with E-state index in [1.54, 1.807) is 0 Å². The molecule has 1 aromatic heterocycles. The van der Waals surface area contributed by atoms with Crippen LogP contribution in [0.1, 0.15) is 16.8 Å². The molecular formula is C12H15N3. The largest absolute Gasteiger partial charge is 0.326 e. The van der Waals surface area contributed by atoms with Crippen LogP contribution in [0.5, 0.6) is 0 Å². The molecule has 2 N–H and O–H groups in total. The fraction of sp³-hybridized carbons (Fsp3) is 0.250. The summed E-state index contributed by atoms with van der Waals surface area (Å²) < 4.78 is 1.98. The molecule has 2 rings (SSSR count). The van der Waals surface area contributed by atoms with Crippen LogP contribution >= 0.6 is 0 Å². The van der Waals surface area contributed by atoms with E-state index >= 15 is 0 Å². The lowest BCUT2D eigenvalue weighted by Gasteiger charge is -2.04. The van der Waals surface area contributed by atoms with Crippen molar-refractivity contribution >= 4 is 0 Å². The van der Waals surface area contributed by atoms with Crippen molar-refractivity contribution in [3.8, 4) is 0 Å². The summed E-state index contributed by atoms with van der Waals surface area (Å²) in [5.74, 6) is 0. The van der Waals surface area contributed by atoms with Crippen molar-refractivity contribution < 1.29 is 0 Å². The molecule has 0 aliphatic heterocycles. The highest BCUT2D eigenvalue weighted by molar-refractivity contribution is 5.19. The number of rotatable bonds is 3. The van der Waals surface area contributed by atoms with Gasteiger partial charge in [-0.2, -0.15) is 5.10 Å². The van der Waals surface area contributed by atoms with Gasteiger partial charge in [-0.1, -0.05) is 30.3 Å². The van der Waals surface area contributed by atoms with Crippen LogP contribution in [0.2, 0.25) is 0 Å². The predicted octanol–water partition coefficient (Wildman–Crippen LogP) is 1.70. The second-order valence-corrected chi connectivity index (χ2v) is 3.60. The third-order valence-electron chi connectivity index (χ3n) is 2.60. The van der Waals surface area contributed by atoms with Gasteiger partial charge in [0.1, 0.15) is 0 Å². The van der Waals surface area contributed by atoms with Gasteiger partial charge in [0.25, 0.3) is 0 Å². The molecule has 0 saturated carbocycles. The summed E-state index contributed by atoms with van der Waals surface area (Å²) in [6, 6.07) is 10.3. The van der Waals surface area contributed by atoms with E-state index < -0.39 is 0 Å². The van der Waals surface area contributed by atoms with Gasteiger partial charge < -0.3 is 5.73 Å². The molecule has 0 fully saturated rings. The Balaban J connectivity index is 2.21. The molecule has 0 unspecified atom stereocenters. The standard InChI is InChI=1S/C12H15N3/c1-10-12(7-13)8-14-15(10)9-11-5-3-2-4-6-11/h2-6,8H,7,9,13H2,1H3. The zero-order chi connectivity index (χ0) is 10.7. The van der Waals surface area contributed by atoms with Gasteiger partial charge in [0.05, 0.1) is 12.7 Å². The zero-order valence-electron chi connectivity index (χ0n) is 8.85. The van der Waals surface area contributed by atoms with Gasteiger partial charge in [-0.15, -0.1) is 0 Å². The molecule has 0 spiro atoms. The average molecular weight is 201 g/mol. The molecule has 0 amide bonds. The first-order chi connectivity index (χ1) is 7.31. The number of nitrogens with two attached hydrogens (primary N) is 1. The van der Waals surface area contributed by atoms with Gasteiger partial charge in [-0.25, -0.2) is 0 Å². The molecule has 1 aromatic carbocycles. The van der Waals surface area contributed by atoms with E-state index in [-0.39, 0.29) is 0 Å². The van der Waals surface area contributed by atoms with E-state index in [2.05, 4.69) is 24.2 Å². The summed E-state index contributed by atoms with van der Waals surface area (Å²) in [5, 5.41) is 4.32. The van der Waals surface area contributed by atoms with Crippen molar-refractivity contribution in [1.29, 1.82) is 0 Å². The Bertz CT molecular complexity index is 431. The lowest BCUT2D eigenvalue weighted by Crippen LogP contribution is -2.05. The number of nitrogens with zero attached hydrogens (tertiary/aromatic N) is 2. The van der Waals surface area contributed by atoms with E-state index in [9.17, 15) is 0 Å². The molecule has 3 heteroatoms. The van der Waals surface area contributed by atoms with Crippen molar-refractivity contribution in [2.75, 3.05) is 0 Å². The molecule has 0 radical (unpaired) electrons. The molecule has 0 aliphatic rings. The molecule has 15 heavy (non-hydrogen) atoms. The highest BCUT2D eigenvalue weighted by atomic mass is 15.3. The highest BCUT2D eigenvalue weighted by Gasteiger charge is 2.04. The third-order valence-corrected chi connectivity index (χ3v) is 2.60. The smallest absolute Gasteiger partial charge is 0.0662 e. The Labute approximate surface area is 89.5 Å². The molecule has 0 saturated heterocycles. The minimum atomic E-state index is 0.556. The van der Waals surface area contributed by atoms with Crippen LogP contribution in [0.4, 0.5) is 0 Å². The molecule has 1 heterocycles. The first kappa shape index (κ1) is 9.93. The van der Waals surface area contributed by atoms with Crippen LogP contribution in [-0.4, -0.2) is 9.78 Å². The number of aromatic nitrogens is 2. The summed E-state index contributed by atoms with van der Waals surface area (Å²) in [7, 11) is 0. The molecule has 0 atom stereocenters. The van der Waals surface area contributed by atoms with Gasteiger partial charge in [-0.3, -0.25) is 4.68 Å². The number of hydrogen-bond donors (Lipinski definition) is 1. The maximum absolute atomic E-state index is 5.60. The van der Waals surface area contributed by atoms with E-state index in [0.717, 1.165) is 17.8 Å². The van der Waals surface area contributed by atoms with Crippen molar-refractivity contribution in [2.24, 2.45) is 5.73 Å². The third kappa shape index (κ3) is 2.07. The first-order valence-corrected chi connectivity index (χ1v) is 5.06. The van der Waals surface area contributed by atoms with Gasteiger partial charge in [-0.05, 0) is 12.5 Å². The molecule has 0 aliphatic carbocycles. The van der Waals surface area contributed by atoms with Crippen LogP contribution in [0, 0.1) is 6.92 Å². The van der Waals surface area contributed by atoms with Gasteiger partial charge in [0.15, 0.2) is 0 Å². The minimum Gasteiger partial charge on any atom is -0.326 e. The monoisotopic (exact) mass is 201 g/mol. The lowest BCUT2D eigenvalue weighted by molar-refractivity contribution is 0.663. The lowest BCUT2D eigenvalue weighted by atomic mass is 10.2. The van der Waals surface area contributed by atoms with Crippen LogP contribution in [-0.2, 0) is 13.1 Å². The van der Waals surface area contributed by atoms with Crippen LogP contribution in [0.15, 0.2) is 36.5 Å². The second-order valence-electron chi connectivity index (χ2n) is 3.60. The first-order valence-electron chi connectivity index (χ1n) is 5.06. The van der Waals surface area contributed by atoms with Gasteiger partial charge in [0.2, 0.25) is 0 Å². The van der Waals surface area contributed by atoms with E-state index in [1.807, 2.05) is 29.1 Å². The minimum absolute atomic E-state index is 0.556. The van der Waals surface area contributed by atoms with Crippen molar-refractivity contribution in [1.82, 2.24) is 9.78 Å². The molecule has 0 bridgehead atoms. The molecule has 78 valence electrons. The van der Waals surface area contributed by atoms with Crippen LogP contribution in [0.25, 0.3) is 0 Å². The van der Waals surface area contributed by atoms with Crippen molar-refractivity contribution in [3.05, 3.63) is 53.3 Å². The predicted molar refractivity (Wildman–Crippen MR) is 60.4 cm³/mol. The van der Waals surface area contributed by atoms with Crippen molar-refractivity contribution in [3.63, 3.8) is 0 Å². The van der Waals surface area contributed by atoms with Gasteiger partial charge >= 0.3 is 0 Å². The normalized spacial score (nSPS) is 10.5. The Hall–Kier alpha value is -1.61. The Morgan fingerprint density at radius 1 is 1.27 bits per heavy atom. The topological polar surface area (TPSA) is 43.8 Å². The maximum atomic E-state index is 5.60. The fourth-order valence-corrected chi connectivity index (χ4v) is 1.60. The Kier molecular flexibility index (Phi) is 2.83. The molecular weight excluding hydrogens is 186 g/mol. The summed E-state index contributed by atoms with van der Waals surface area (Å²) in [6.45, 7) is 3.42. The van der Waals surface area contributed by atoms with Crippen molar-refractivity contribution in [2.45, 2.75) is 20.0 Å². The summed E-state index contributed by atoms with van der Waals surface area (Å²) in [4.78, 5) is 0. The number of hydrogen-bond acceptors (Lipinski definition) is 2. The molecule has 2 aromatic rings. The average Bonchev–Trinajstić information content (AvgIpc) is 2.62. The SMILES string of the molecule is Cc1c(CN)cnn1Cc1ccccc1. The van der Waals surface area contributed by atoms with E-state index in [0.29, 0.717) is 6.54 Å². The van der Waals surface area contributed by atoms with E-state index in [1.165, 1.54) is 5.56 Å². The maximum Gasteiger partial charge on any atom is 0.0662 e. The summed E-state index contributed by atoms with van der Waals surface area (Å²) in [6.07, 6.45) is 1.85.